The van der Waals surface area contributed by atoms with Crippen molar-refractivity contribution in [3.63, 3.8) is 0 Å². The highest BCUT2D eigenvalue weighted by Gasteiger charge is 2.20. The number of aromatic amines is 1. The number of carbonyl (C=O) groups excluding carboxylic acids is 1. The van der Waals surface area contributed by atoms with Crippen molar-refractivity contribution in [2.75, 3.05) is 6.61 Å². The lowest BCUT2D eigenvalue weighted by atomic mass is 10.1. The third-order valence-electron chi connectivity index (χ3n) is 3.05. The van der Waals surface area contributed by atoms with Gasteiger partial charge in [0.1, 0.15) is 5.60 Å². The van der Waals surface area contributed by atoms with E-state index in [-0.39, 0.29) is 13.5 Å². The molecule has 1 aromatic heterocycles. The average Bonchev–Trinajstić information content (AvgIpc) is 2.89. The van der Waals surface area contributed by atoms with Crippen molar-refractivity contribution in [1.29, 1.82) is 0 Å². The Kier molecular flexibility index (Phi) is 4.10. The van der Waals surface area contributed by atoms with Gasteiger partial charge in [-0.15, -0.1) is 0 Å². The number of hydrogen-bond acceptors (Lipinski definition) is 3. The number of carbonyl (C=O) groups is 1. The number of ether oxygens (including phenoxy) is 1. The van der Waals surface area contributed by atoms with E-state index >= 15 is 0 Å². The van der Waals surface area contributed by atoms with Crippen molar-refractivity contribution in [3.05, 3.63) is 36.0 Å². The molecule has 2 aromatic rings. The number of benzene rings is 1. The molecule has 5 heteroatoms. The second-order valence-electron chi connectivity index (χ2n) is 5.74. The zero-order chi connectivity index (χ0) is 16.2. The number of hydrogen-bond donors (Lipinski definition) is 3. The smallest absolute Gasteiger partial charge is 0.407 e. The standard InChI is InChI=1S/C16H22N2O3/c1-16(2,3)21-15(20)18-12(10-19)8-11-9-17-14-7-5-4-6-13(11)14/h4-7,9,12,17,19H,8,10H2,1-3H3,(H,18,20)/t12-/m0/s1/i1D. The first-order valence-corrected chi connectivity index (χ1v) is 6.90. The Bertz CT molecular complexity index is 639. The fourth-order valence-corrected chi connectivity index (χ4v) is 2.17. The molecule has 1 amide bonds. The van der Waals surface area contributed by atoms with Gasteiger partial charge in [-0.3, -0.25) is 0 Å². The van der Waals surface area contributed by atoms with Crippen molar-refractivity contribution in [2.24, 2.45) is 0 Å². The van der Waals surface area contributed by atoms with Gasteiger partial charge in [-0.05, 0) is 38.8 Å². The molecule has 0 aliphatic rings. The molecule has 5 nitrogen and oxygen atoms in total. The molecule has 0 bridgehead atoms. The van der Waals surface area contributed by atoms with Crippen LogP contribution >= 0.6 is 0 Å². The highest BCUT2D eigenvalue weighted by molar-refractivity contribution is 5.83. The summed E-state index contributed by atoms with van der Waals surface area (Å²) >= 11 is 0. The summed E-state index contributed by atoms with van der Waals surface area (Å²) in [5, 5.41) is 13.2. The first kappa shape index (κ1) is 13.9. The van der Waals surface area contributed by atoms with Crippen LogP contribution < -0.4 is 5.32 Å². The van der Waals surface area contributed by atoms with Gasteiger partial charge in [0.15, 0.2) is 0 Å². The molecule has 114 valence electrons. The van der Waals surface area contributed by atoms with Gasteiger partial charge in [-0.25, -0.2) is 4.79 Å². The Morgan fingerprint density at radius 3 is 3.00 bits per heavy atom. The second kappa shape index (κ2) is 6.18. The number of aliphatic hydroxyl groups is 1. The van der Waals surface area contributed by atoms with E-state index in [1.807, 2.05) is 30.5 Å². The quantitative estimate of drug-likeness (QED) is 0.810. The van der Waals surface area contributed by atoms with Crippen LogP contribution in [0.2, 0.25) is 0 Å². The number of amides is 1. The summed E-state index contributed by atoms with van der Waals surface area (Å²) in [7, 11) is 0. The van der Waals surface area contributed by atoms with Gasteiger partial charge >= 0.3 is 6.09 Å². The van der Waals surface area contributed by atoms with Gasteiger partial charge in [0.25, 0.3) is 0 Å². The number of aliphatic hydroxyl groups excluding tert-OH is 1. The summed E-state index contributed by atoms with van der Waals surface area (Å²) in [6, 6.07) is 7.44. The topological polar surface area (TPSA) is 74.3 Å². The van der Waals surface area contributed by atoms with Crippen LogP contribution in [-0.2, 0) is 11.2 Å². The molecule has 1 aromatic carbocycles. The summed E-state index contributed by atoms with van der Waals surface area (Å²) < 4.78 is 12.5. The van der Waals surface area contributed by atoms with Crippen LogP contribution in [-0.4, -0.2) is 34.4 Å². The Balaban J connectivity index is 2.02. The van der Waals surface area contributed by atoms with Crippen LogP contribution in [0, 0.1) is 0 Å². The minimum absolute atomic E-state index is 0.0212. The molecule has 2 rings (SSSR count). The summed E-state index contributed by atoms with van der Waals surface area (Å²) in [4.78, 5) is 15.0. The van der Waals surface area contributed by atoms with E-state index in [1.54, 1.807) is 13.8 Å². The molecule has 0 spiro atoms. The molecular weight excluding hydrogens is 268 g/mol. The van der Waals surface area contributed by atoms with Crippen molar-refractivity contribution >= 4 is 17.0 Å². The lowest BCUT2D eigenvalue weighted by Gasteiger charge is -2.22. The number of fused-ring (bicyclic) bond motifs is 1. The van der Waals surface area contributed by atoms with E-state index in [4.69, 9.17) is 6.11 Å². The molecule has 3 N–H and O–H groups in total. The number of alkyl carbamates (subject to hydrolysis) is 1. The van der Waals surface area contributed by atoms with E-state index in [0.29, 0.717) is 6.42 Å². The zero-order valence-corrected chi connectivity index (χ0v) is 12.3. The van der Waals surface area contributed by atoms with Gasteiger partial charge in [-0.1, -0.05) is 18.2 Å². The van der Waals surface area contributed by atoms with Crippen molar-refractivity contribution in [2.45, 2.75) is 38.8 Å². The normalized spacial score (nSPS) is 13.8. The molecular formula is C16H22N2O3. The van der Waals surface area contributed by atoms with Gasteiger partial charge in [0.05, 0.1) is 12.6 Å². The van der Waals surface area contributed by atoms with Crippen molar-refractivity contribution in [1.82, 2.24) is 10.3 Å². The fraction of sp³-hybridized carbons (Fsp3) is 0.438. The Morgan fingerprint density at radius 1 is 1.52 bits per heavy atom. The fourth-order valence-electron chi connectivity index (χ4n) is 2.17. The number of nitrogens with one attached hydrogen (secondary N) is 2. The number of para-hydroxylation sites is 1. The number of H-pyrrole nitrogens is 1. The first-order valence-electron chi connectivity index (χ1n) is 7.60. The van der Waals surface area contributed by atoms with Crippen LogP contribution in [0.15, 0.2) is 30.5 Å². The number of aromatic nitrogens is 1. The summed E-state index contributed by atoms with van der Waals surface area (Å²) in [6.07, 6.45) is 1.77. The summed E-state index contributed by atoms with van der Waals surface area (Å²) in [5.74, 6) is 0. The van der Waals surface area contributed by atoms with Crippen molar-refractivity contribution in [3.8, 4) is 0 Å². The maximum atomic E-state index is 11.8. The minimum Gasteiger partial charge on any atom is -0.444 e. The molecule has 0 radical (unpaired) electrons. The number of rotatable bonds is 4. The van der Waals surface area contributed by atoms with Gasteiger partial charge in [0.2, 0.25) is 0 Å². The maximum Gasteiger partial charge on any atom is 0.407 e. The van der Waals surface area contributed by atoms with Crippen LogP contribution in [0.25, 0.3) is 10.9 Å². The average molecular weight is 291 g/mol. The molecule has 0 aliphatic carbocycles. The predicted molar refractivity (Wildman–Crippen MR) is 82.2 cm³/mol. The Morgan fingerprint density at radius 2 is 2.29 bits per heavy atom. The highest BCUT2D eigenvalue weighted by Crippen LogP contribution is 2.19. The van der Waals surface area contributed by atoms with Crippen LogP contribution in [0.4, 0.5) is 4.79 Å². The van der Waals surface area contributed by atoms with Crippen LogP contribution in [0.3, 0.4) is 0 Å². The third kappa shape index (κ3) is 4.23. The second-order valence-corrected chi connectivity index (χ2v) is 5.74. The summed E-state index contributed by atoms with van der Waals surface area (Å²) in [5.41, 5.74) is 1.20. The molecule has 0 saturated heterocycles. The molecule has 0 saturated carbocycles. The van der Waals surface area contributed by atoms with Gasteiger partial charge in [-0.2, -0.15) is 0 Å². The molecule has 1 atom stereocenters. The van der Waals surface area contributed by atoms with E-state index < -0.39 is 17.7 Å². The largest absolute Gasteiger partial charge is 0.444 e. The van der Waals surface area contributed by atoms with Gasteiger partial charge in [0, 0.05) is 18.5 Å². The minimum atomic E-state index is -0.842. The van der Waals surface area contributed by atoms with Crippen LogP contribution in [0.1, 0.15) is 27.7 Å². The molecule has 0 aliphatic heterocycles. The van der Waals surface area contributed by atoms with Gasteiger partial charge < -0.3 is 20.1 Å². The first-order chi connectivity index (χ1) is 10.4. The lowest BCUT2D eigenvalue weighted by molar-refractivity contribution is 0.0483. The molecule has 21 heavy (non-hydrogen) atoms. The molecule has 1 heterocycles. The predicted octanol–water partition coefficient (Wildman–Crippen LogP) is 2.60. The monoisotopic (exact) mass is 291 g/mol. The van der Waals surface area contributed by atoms with E-state index in [9.17, 15) is 9.90 Å². The molecule has 0 unspecified atom stereocenters. The summed E-state index contributed by atoms with van der Waals surface area (Å²) in [6.45, 7) is 3.14. The Hall–Kier alpha value is -2.01. The SMILES string of the molecule is [2H]CC(C)(C)OC(=O)N[C@H](CO)Cc1c[nH]c2ccccc12. The van der Waals surface area contributed by atoms with E-state index in [2.05, 4.69) is 10.3 Å². The van der Waals surface area contributed by atoms with Crippen molar-refractivity contribution < 1.29 is 16.0 Å². The third-order valence-corrected chi connectivity index (χ3v) is 3.05. The highest BCUT2D eigenvalue weighted by atomic mass is 16.6. The van der Waals surface area contributed by atoms with E-state index in [0.717, 1.165) is 16.5 Å². The lowest BCUT2D eigenvalue weighted by Crippen LogP contribution is -2.42. The Labute approximate surface area is 125 Å². The maximum absolute atomic E-state index is 11.8. The molecule has 0 fully saturated rings. The van der Waals surface area contributed by atoms with E-state index in [1.165, 1.54) is 0 Å². The zero-order valence-electron chi connectivity index (χ0n) is 13.3. The van der Waals surface area contributed by atoms with Crippen LogP contribution in [0.5, 0.6) is 0 Å².